The van der Waals surface area contributed by atoms with Crippen molar-refractivity contribution in [3.8, 4) is 0 Å². The van der Waals surface area contributed by atoms with E-state index in [-0.39, 0.29) is 18.0 Å². The van der Waals surface area contributed by atoms with Gasteiger partial charge in [-0.25, -0.2) is 4.79 Å². The minimum absolute atomic E-state index is 0.0226. The van der Waals surface area contributed by atoms with E-state index in [1.807, 2.05) is 17.9 Å². The number of benzene rings is 1. The van der Waals surface area contributed by atoms with Crippen molar-refractivity contribution in [2.75, 3.05) is 25.0 Å². The summed E-state index contributed by atoms with van der Waals surface area (Å²) in [5, 5.41) is 12.1. The largest absolute Gasteiger partial charge is 0.478 e. The monoisotopic (exact) mass is 262 g/mol. The van der Waals surface area contributed by atoms with Crippen LogP contribution in [0.3, 0.4) is 0 Å². The van der Waals surface area contributed by atoms with E-state index in [0.717, 1.165) is 31.5 Å². The zero-order valence-electron chi connectivity index (χ0n) is 11.0. The van der Waals surface area contributed by atoms with Gasteiger partial charge in [-0.2, -0.15) is 0 Å². The van der Waals surface area contributed by atoms with Gasteiger partial charge in [0.05, 0.1) is 12.1 Å². The Bertz CT molecular complexity index is 493. The van der Waals surface area contributed by atoms with Crippen LogP contribution in [0.4, 0.5) is 5.69 Å². The lowest BCUT2D eigenvalue weighted by molar-refractivity contribution is -0.128. The van der Waals surface area contributed by atoms with E-state index >= 15 is 0 Å². The number of aromatic carboxylic acids is 1. The topological polar surface area (TPSA) is 69.6 Å². The van der Waals surface area contributed by atoms with Gasteiger partial charge >= 0.3 is 5.97 Å². The fourth-order valence-electron chi connectivity index (χ4n) is 2.24. The van der Waals surface area contributed by atoms with Crippen LogP contribution in [0.2, 0.25) is 0 Å². The quantitative estimate of drug-likeness (QED) is 0.867. The first-order chi connectivity index (χ1) is 9.08. The van der Waals surface area contributed by atoms with Gasteiger partial charge in [-0.15, -0.1) is 0 Å². The molecular weight excluding hydrogens is 244 g/mol. The summed E-state index contributed by atoms with van der Waals surface area (Å²) < 4.78 is 0. The third-order valence-corrected chi connectivity index (χ3v) is 3.29. The van der Waals surface area contributed by atoms with E-state index < -0.39 is 5.97 Å². The Labute approximate surface area is 112 Å². The average Bonchev–Trinajstić information content (AvgIpc) is 2.90. The third kappa shape index (κ3) is 3.24. The summed E-state index contributed by atoms with van der Waals surface area (Å²) in [6.45, 7) is 3.59. The molecule has 0 saturated carbocycles. The second kappa shape index (κ2) is 5.73. The molecule has 1 saturated heterocycles. The maximum atomic E-state index is 11.9. The van der Waals surface area contributed by atoms with Crippen molar-refractivity contribution in [3.05, 3.63) is 29.3 Å². The van der Waals surface area contributed by atoms with Crippen LogP contribution in [0.25, 0.3) is 0 Å². The van der Waals surface area contributed by atoms with Gasteiger partial charge in [0.1, 0.15) is 0 Å². The van der Waals surface area contributed by atoms with Gasteiger partial charge in [-0.3, -0.25) is 4.79 Å². The van der Waals surface area contributed by atoms with Crippen molar-refractivity contribution in [1.29, 1.82) is 0 Å². The SMILES string of the molecule is Cc1ccc(NCC(=O)N2CCCC2)c(C(=O)O)c1. The number of carboxylic acids is 1. The number of carboxylic acid groups (broad SMARTS) is 1. The lowest BCUT2D eigenvalue weighted by atomic mass is 10.1. The highest BCUT2D eigenvalue weighted by Crippen LogP contribution is 2.17. The number of anilines is 1. The molecule has 0 spiro atoms. The van der Waals surface area contributed by atoms with E-state index in [4.69, 9.17) is 5.11 Å². The molecule has 0 aliphatic carbocycles. The normalized spacial score (nSPS) is 14.5. The molecule has 0 radical (unpaired) electrons. The number of amides is 1. The summed E-state index contributed by atoms with van der Waals surface area (Å²) in [5.74, 6) is -0.964. The Morgan fingerprint density at radius 1 is 1.32 bits per heavy atom. The molecule has 1 aromatic carbocycles. The van der Waals surface area contributed by atoms with E-state index in [0.29, 0.717) is 5.69 Å². The van der Waals surface area contributed by atoms with Crippen LogP contribution in [0.1, 0.15) is 28.8 Å². The van der Waals surface area contributed by atoms with Crippen molar-refractivity contribution in [2.24, 2.45) is 0 Å². The Morgan fingerprint density at radius 2 is 2.00 bits per heavy atom. The molecule has 1 aromatic rings. The van der Waals surface area contributed by atoms with Crippen LogP contribution in [0.15, 0.2) is 18.2 Å². The van der Waals surface area contributed by atoms with Crippen LogP contribution in [-0.2, 0) is 4.79 Å². The number of hydrogen-bond donors (Lipinski definition) is 2. The fourth-order valence-corrected chi connectivity index (χ4v) is 2.24. The molecule has 2 rings (SSSR count). The van der Waals surface area contributed by atoms with Crippen molar-refractivity contribution in [1.82, 2.24) is 4.90 Å². The van der Waals surface area contributed by atoms with Crippen molar-refractivity contribution in [3.63, 3.8) is 0 Å². The molecule has 5 nitrogen and oxygen atoms in total. The lowest BCUT2D eigenvalue weighted by Gasteiger charge is -2.16. The molecule has 1 heterocycles. The van der Waals surface area contributed by atoms with Crippen LogP contribution in [0.5, 0.6) is 0 Å². The number of carbonyl (C=O) groups is 2. The summed E-state index contributed by atoms with van der Waals surface area (Å²) in [5.41, 5.74) is 1.58. The molecule has 0 unspecified atom stereocenters. The van der Waals surface area contributed by atoms with Crippen LogP contribution >= 0.6 is 0 Å². The second-order valence-corrected chi connectivity index (χ2v) is 4.80. The number of likely N-dealkylation sites (tertiary alicyclic amines) is 1. The Morgan fingerprint density at radius 3 is 2.63 bits per heavy atom. The summed E-state index contributed by atoms with van der Waals surface area (Å²) in [6.07, 6.45) is 2.10. The number of nitrogens with one attached hydrogen (secondary N) is 1. The highest BCUT2D eigenvalue weighted by atomic mass is 16.4. The summed E-state index contributed by atoms with van der Waals surface area (Å²) in [6, 6.07) is 5.14. The minimum atomic E-state index is -0.986. The van der Waals surface area contributed by atoms with Crippen LogP contribution < -0.4 is 5.32 Å². The smallest absolute Gasteiger partial charge is 0.337 e. The standard InChI is InChI=1S/C14H18N2O3/c1-10-4-5-12(11(8-10)14(18)19)15-9-13(17)16-6-2-3-7-16/h4-5,8,15H,2-3,6-7,9H2,1H3,(H,18,19). The van der Waals surface area contributed by atoms with E-state index in [9.17, 15) is 9.59 Å². The zero-order valence-corrected chi connectivity index (χ0v) is 11.0. The van der Waals surface area contributed by atoms with Gasteiger partial charge < -0.3 is 15.3 Å². The molecule has 1 aliphatic rings. The molecule has 0 bridgehead atoms. The molecule has 5 heteroatoms. The Balaban J connectivity index is 2.02. The number of rotatable bonds is 4. The van der Waals surface area contributed by atoms with Crippen molar-refractivity contribution >= 4 is 17.6 Å². The molecule has 102 valence electrons. The molecule has 19 heavy (non-hydrogen) atoms. The van der Waals surface area contributed by atoms with Gasteiger partial charge in [0.15, 0.2) is 0 Å². The molecule has 2 N–H and O–H groups in total. The maximum Gasteiger partial charge on any atom is 0.337 e. The highest BCUT2D eigenvalue weighted by molar-refractivity contribution is 5.95. The number of carbonyl (C=O) groups excluding carboxylic acids is 1. The van der Waals surface area contributed by atoms with Gasteiger partial charge in [0, 0.05) is 18.8 Å². The first kappa shape index (κ1) is 13.4. The third-order valence-electron chi connectivity index (χ3n) is 3.29. The van der Waals surface area contributed by atoms with E-state index in [1.54, 1.807) is 12.1 Å². The highest BCUT2D eigenvalue weighted by Gasteiger charge is 2.18. The molecule has 0 atom stereocenters. The molecule has 1 fully saturated rings. The lowest BCUT2D eigenvalue weighted by Crippen LogP contribution is -2.33. The predicted molar refractivity (Wildman–Crippen MR) is 72.4 cm³/mol. The minimum Gasteiger partial charge on any atom is -0.478 e. The van der Waals surface area contributed by atoms with Crippen LogP contribution in [0, 0.1) is 6.92 Å². The maximum absolute atomic E-state index is 11.9. The Hall–Kier alpha value is -2.04. The van der Waals surface area contributed by atoms with Crippen LogP contribution in [-0.4, -0.2) is 41.5 Å². The van der Waals surface area contributed by atoms with Crippen molar-refractivity contribution < 1.29 is 14.7 Å². The van der Waals surface area contributed by atoms with Crippen molar-refractivity contribution in [2.45, 2.75) is 19.8 Å². The average molecular weight is 262 g/mol. The second-order valence-electron chi connectivity index (χ2n) is 4.80. The molecule has 1 aliphatic heterocycles. The molecule has 0 aromatic heterocycles. The van der Waals surface area contributed by atoms with Gasteiger partial charge in [-0.1, -0.05) is 11.6 Å². The van der Waals surface area contributed by atoms with Gasteiger partial charge in [-0.05, 0) is 31.9 Å². The number of hydrogen-bond acceptors (Lipinski definition) is 3. The molecular formula is C14H18N2O3. The Kier molecular flexibility index (Phi) is 4.04. The zero-order chi connectivity index (χ0) is 13.8. The predicted octanol–water partition coefficient (Wildman–Crippen LogP) is 1.73. The summed E-state index contributed by atoms with van der Waals surface area (Å²) in [7, 11) is 0. The first-order valence-corrected chi connectivity index (χ1v) is 6.43. The number of aryl methyl sites for hydroxylation is 1. The summed E-state index contributed by atoms with van der Waals surface area (Å²) in [4.78, 5) is 24.8. The van der Waals surface area contributed by atoms with Gasteiger partial charge in [0.2, 0.25) is 5.91 Å². The van der Waals surface area contributed by atoms with E-state index in [1.165, 1.54) is 0 Å². The first-order valence-electron chi connectivity index (χ1n) is 6.43. The molecule has 1 amide bonds. The fraction of sp³-hybridized carbons (Fsp3) is 0.429. The van der Waals surface area contributed by atoms with E-state index in [2.05, 4.69) is 5.32 Å². The number of nitrogens with zero attached hydrogens (tertiary/aromatic N) is 1. The summed E-state index contributed by atoms with van der Waals surface area (Å²) >= 11 is 0. The van der Waals surface area contributed by atoms with Gasteiger partial charge in [0.25, 0.3) is 0 Å².